The number of nitrogens with zero attached hydrogens (tertiary/aromatic N) is 3. The highest BCUT2D eigenvalue weighted by atomic mass is 16.5. The zero-order chi connectivity index (χ0) is 18.4. The van der Waals surface area contributed by atoms with Gasteiger partial charge in [-0.05, 0) is 61.7 Å². The van der Waals surface area contributed by atoms with Gasteiger partial charge >= 0.3 is 0 Å². The maximum atomic E-state index is 5.87. The van der Waals surface area contributed by atoms with Gasteiger partial charge in [0.2, 0.25) is 5.95 Å². The first kappa shape index (κ1) is 16.2. The number of nitrogen functional groups attached to an aromatic ring is 1. The number of aryl methyl sites for hydroxylation is 3. The molecule has 0 unspecified atom stereocenters. The van der Waals surface area contributed by atoms with Crippen LogP contribution < -0.4 is 10.5 Å². The lowest BCUT2D eigenvalue weighted by Gasteiger charge is -2.07. The lowest BCUT2D eigenvalue weighted by Crippen LogP contribution is -1.98. The van der Waals surface area contributed by atoms with Crippen LogP contribution in [0.1, 0.15) is 22.4 Å². The van der Waals surface area contributed by atoms with E-state index in [0.29, 0.717) is 5.95 Å². The number of ether oxygens (including phenoxy) is 1. The fourth-order valence-corrected chi connectivity index (χ4v) is 3.40. The summed E-state index contributed by atoms with van der Waals surface area (Å²) in [5, 5.41) is 6.81. The van der Waals surface area contributed by atoms with Crippen LogP contribution in [0.2, 0.25) is 0 Å². The quantitative estimate of drug-likeness (QED) is 0.551. The summed E-state index contributed by atoms with van der Waals surface area (Å²) in [6.07, 6.45) is 3.64. The van der Waals surface area contributed by atoms with Crippen LogP contribution in [0.25, 0.3) is 21.8 Å². The van der Waals surface area contributed by atoms with Crippen molar-refractivity contribution in [3.8, 4) is 5.75 Å². The van der Waals surface area contributed by atoms with Crippen molar-refractivity contribution in [1.82, 2.24) is 14.6 Å². The molecule has 4 rings (SSSR count). The lowest BCUT2D eigenvalue weighted by atomic mass is 9.99. The summed E-state index contributed by atoms with van der Waals surface area (Å²) in [7, 11) is 1.68. The Labute approximate surface area is 151 Å². The minimum atomic E-state index is 0.381. The smallest absolute Gasteiger partial charge is 0.221 e. The molecule has 0 aliphatic carbocycles. The number of imidazole rings is 1. The fourth-order valence-electron chi connectivity index (χ4n) is 3.40. The number of hydrogen-bond acceptors (Lipinski definition) is 4. The molecular weight excluding hydrogens is 326 g/mol. The van der Waals surface area contributed by atoms with Gasteiger partial charge in [0, 0.05) is 21.8 Å². The predicted octanol–water partition coefficient (Wildman–Crippen LogP) is 3.92. The van der Waals surface area contributed by atoms with E-state index >= 15 is 0 Å². The van der Waals surface area contributed by atoms with Crippen LogP contribution >= 0.6 is 0 Å². The monoisotopic (exact) mass is 347 g/mol. The standard InChI is InChI=1S/C20H21N5O/c1-11-7-14(9-22-25-10-12(2)23-20(25)21)13(3)18-16-8-15(26-4)5-6-17(16)24-19(11)18/h5-10,24H,1-4H3,(H2,21,23). The van der Waals surface area contributed by atoms with E-state index in [1.165, 1.54) is 5.39 Å². The number of nitrogens with one attached hydrogen (secondary N) is 1. The number of anilines is 1. The van der Waals surface area contributed by atoms with Crippen LogP contribution in [0.15, 0.2) is 35.6 Å². The number of benzene rings is 2. The Balaban J connectivity index is 1.92. The van der Waals surface area contributed by atoms with Crippen molar-refractivity contribution in [2.75, 3.05) is 12.8 Å². The van der Waals surface area contributed by atoms with Gasteiger partial charge in [-0.3, -0.25) is 0 Å². The van der Waals surface area contributed by atoms with E-state index < -0.39 is 0 Å². The van der Waals surface area contributed by atoms with Crippen LogP contribution in [-0.4, -0.2) is 28.0 Å². The summed E-state index contributed by atoms with van der Waals surface area (Å²) in [4.78, 5) is 7.69. The van der Waals surface area contributed by atoms with Gasteiger partial charge in [0.15, 0.2) is 0 Å². The van der Waals surface area contributed by atoms with Crippen LogP contribution in [0.5, 0.6) is 5.75 Å². The fraction of sp³-hybridized carbons (Fsp3) is 0.200. The molecule has 0 aliphatic rings. The first-order valence-corrected chi connectivity index (χ1v) is 8.43. The third-order valence-corrected chi connectivity index (χ3v) is 4.74. The molecule has 0 spiro atoms. The molecule has 132 valence electrons. The van der Waals surface area contributed by atoms with Crippen LogP contribution in [0, 0.1) is 20.8 Å². The normalized spacial score (nSPS) is 11.8. The van der Waals surface area contributed by atoms with E-state index in [1.54, 1.807) is 11.8 Å². The van der Waals surface area contributed by atoms with Crippen molar-refractivity contribution in [1.29, 1.82) is 0 Å². The summed E-state index contributed by atoms with van der Waals surface area (Å²) < 4.78 is 6.99. The highest BCUT2D eigenvalue weighted by molar-refractivity contribution is 6.12. The number of aromatic amines is 1. The molecule has 2 aromatic heterocycles. The summed E-state index contributed by atoms with van der Waals surface area (Å²) >= 11 is 0. The Bertz CT molecular complexity index is 1170. The molecule has 6 heteroatoms. The van der Waals surface area contributed by atoms with Gasteiger partial charge in [0.25, 0.3) is 0 Å². The number of nitrogens with two attached hydrogens (primary N) is 1. The van der Waals surface area contributed by atoms with Gasteiger partial charge in [0.1, 0.15) is 5.75 Å². The number of aromatic nitrogens is 3. The van der Waals surface area contributed by atoms with Crippen molar-refractivity contribution < 1.29 is 4.74 Å². The van der Waals surface area contributed by atoms with E-state index in [1.807, 2.05) is 25.4 Å². The zero-order valence-corrected chi connectivity index (χ0v) is 15.3. The average Bonchev–Trinajstić information content (AvgIpc) is 3.16. The first-order chi connectivity index (χ1) is 12.5. The number of methoxy groups -OCH3 is 1. The molecule has 0 radical (unpaired) electrons. The maximum Gasteiger partial charge on any atom is 0.221 e. The van der Waals surface area contributed by atoms with Crippen LogP contribution in [0.4, 0.5) is 5.95 Å². The van der Waals surface area contributed by atoms with Gasteiger partial charge in [-0.25, -0.2) is 9.66 Å². The third-order valence-electron chi connectivity index (χ3n) is 4.74. The Kier molecular flexibility index (Phi) is 3.68. The molecule has 0 saturated carbocycles. The molecule has 0 bridgehead atoms. The first-order valence-electron chi connectivity index (χ1n) is 8.43. The second kappa shape index (κ2) is 5.91. The second-order valence-corrected chi connectivity index (χ2v) is 6.52. The minimum absolute atomic E-state index is 0.381. The minimum Gasteiger partial charge on any atom is -0.497 e. The Morgan fingerprint density at radius 3 is 2.73 bits per heavy atom. The number of hydrogen-bond donors (Lipinski definition) is 2. The maximum absolute atomic E-state index is 5.87. The molecule has 0 fully saturated rings. The molecule has 0 aliphatic heterocycles. The van der Waals surface area contributed by atoms with Gasteiger partial charge in [-0.1, -0.05) is 0 Å². The SMILES string of the molecule is COc1ccc2[nH]c3c(C)cc(C=Nn4cc(C)nc4N)c(C)c3c2c1. The van der Waals surface area contributed by atoms with Crippen molar-refractivity contribution in [3.05, 3.63) is 52.8 Å². The average molecular weight is 347 g/mol. The molecule has 26 heavy (non-hydrogen) atoms. The molecule has 2 heterocycles. The Hall–Kier alpha value is -3.28. The number of rotatable bonds is 3. The van der Waals surface area contributed by atoms with E-state index in [2.05, 4.69) is 47.1 Å². The predicted molar refractivity (Wildman–Crippen MR) is 106 cm³/mol. The lowest BCUT2D eigenvalue weighted by molar-refractivity contribution is 0.415. The van der Waals surface area contributed by atoms with Gasteiger partial charge in [-0.15, -0.1) is 0 Å². The van der Waals surface area contributed by atoms with Crippen LogP contribution in [0.3, 0.4) is 0 Å². The van der Waals surface area contributed by atoms with Crippen molar-refractivity contribution in [2.24, 2.45) is 5.10 Å². The van der Waals surface area contributed by atoms with Crippen LogP contribution in [-0.2, 0) is 0 Å². The summed E-state index contributed by atoms with van der Waals surface area (Å²) in [5.41, 5.74) is 12.3. The topological polar surface area (TPSA) is 81.2 Å². The highest BCUT2D eigenvalue weighted by Gasteiger charge is 2.13. The van der Waals surface area contributed by atoms with E-state index in [-0.39, 0.29) is 0 Å². The summed E-state index contributed by atoms with van der Waals surface area (Å²) in [6, 6.07) is 8.22. The van der Waals surface area contributed by atoms with Crippen molar-refractivity contribution >= 4 is 34.0 Å². The molecular formula is C20H21N5O. The number of fused-ring (bicyclic) bond motifs is 3. The summed E-state index contributed by atoms with van der Waals surface area (Å²) in [6.45, 7) is 6.10. The Morgan fingerprint density at radius 1 is 1.23 bits per heavy atom. The molecule has 0 atom stereocenters. The van der Waals surface area contributed by atoms with Crippen molar-refractivity contribution in [3.63, 3.8) is 0 Å². The van der Waals surface area contributed by atoms with Crippen molar-refractivity contribution in [2.45, 2.75) is 20.8 Å². The van der Waals surface area contributed by atoms with E-state index in [9.17, 15) is 0 Å². The Morgan fingerprint density at radius 2 is 2.04 bits per heavy atom. The molecule has 6 nitrogen and oxygen atoms in total. The molecule has 2 aromatic carbocycles. The van der Waals surface area contributed by atoms with Gasteiger partial charge in [0.05, 0.1) is 25.2 Å². The third kappa shape index (κ3) is 2.50. The largest absolute Gasteiger partial charge is 0.497 e. The molecule has 3 N–H and O–H groups in total. The summed E-state index contributed by atoms with van der Waals surface area (Å²) in [5.74, 6) is 1.22. The zero-order valence-electron chi connectivity index (χ0n) is 15.3. The van der Waals surface area contributed by atoms with E-state index in [4.69, 9.17) is 10.5 Å². The van der Waals surface area contributed by atoms with Gasteiger partial charge in [-0.2, -0.15) is 5.10 Å². The molecule has 0 saturated heterocycles. The molecule has 0 amide bonds. The van der Waals surface area contributed by atoms with E-state index in [0.717, 1.165) is 44.6 Å². The highest BCUT2D eigenvalue weighted by Crippen LogP contribution is 2.34. The number of H-pyrrole nitrogens is 1. The van der Waals surface area contributed by atoms with Gasteiger partial charge < -0.3 is 15.5 Å². The molecule has 4 aromatic rings. The second-order valence-electron chi connectivity index (χ2n) is 6.52.